The summed E-state index contributed by atoms with van der Waals surface area (Å²) in [5, 5.41) is 12.9. The number of hydrogen-bond acceptors (Lipinski definition) is 3. The number of rotatable bonds is 2. The van der Waals surface area contributed by atoms with Gasteiger partial charge in [-0.05, 0) is 28.1 Å². The predicted octanol–water partition coefficient (Wildman–Crippen LogP) is 3.16. The normalized spacial score (nSPS) is 11.7. The summed E-state index contributed by atoms with van der Waals surface area (Å²) >= 11 is 3.25. The Hall–Kier alpha value is -1.76. The van der Waals surface area contributed by atoms with Crippen molar-refractivity contribution >= 4 is 21.9 Å². The maximum atomic E-state index is 14.0. The van der Waals surface area contributed by atoms with Gasteiger partial charge in [0.05, 0.1) is 0 Å². The minimum atomic E-state index is -1.25. The first kappa shape index (κ1) is 14.6. The monoisotopic (exact) mass is 341 g/mol. The van der Waals surface area contributed by atoms with Gasteiger partial charge in [-0.2, -0.15) is 0 Å². The number of carboxylic acids is 1. The molecule has 0 unspecified atom stereocenters. The van der Waals surface area contributed by atoms with Crippen molar-refractivity contribution in [2.75, 3.05) is 0 Å². The van der Waals surface area contributed by atoms with Crippen LogP contribution in [0, 0.1) is 5.82 Å². The molecule has 1 N–H and O–H groups in total. The number of hydrogen-bond donors (Lipinski definition) is 1. The second kappa shape index (κ2) is 4.97. The lowest BCUT2D eigenvalue weighted by Gasteiger charge is -2.19. The molecule has 0 atom stereocenters. The molecule has 0 amide bonds. The van der Waals surface area contributed by atoms with E-state index in [1.54, 1.807) is 12.1 Å². The van der Waals surface area contributed by atoms with E-state index >= 15 is 0 Å². The zero-order valence-corrected chi connectivity index (χ0v) is 12.8. The van der Waals surface area contributed by atoms with Crippen molar-refractivity contribution in [1.82, 2.24) is 14.8 Å². The number of halogens is 2. The Labute approximate surface area is 123 Å². The highest BCUT2D eigenvalue weighted by Gasteiger charge is 2.27. The van der Waals surface area contributed by atoms with Crippen LogP contribution in [-0.2, 0) is 5.41 Å². The van der Waals surface area contributed by atoms with Gasteiger partial charge < -0.3 is 5.11 Å². The van der Waals surface area contributed by atoms with Gasteiger partial charge in [0, 0.05) is 9.89 Å². The summed E-state index contributed by atoms with van der Waals surface area (Å²) < 4.78 is 15.8. The van der Waals surface area contributed by atoms with Gasteiger partial charge in [0.25, 0.3) is 5.82 Å². The van der Waals surface area contributed by atoms with Gasteiger partial charge in [-0.15, -0.1) is 5.10 Å². The average Bonchev–Trinajstić information content (AvgIpc) is 2.73. The van der Waals surface area contributed by atoms with E-state index in [4.69, 9.17) is 5.11 Å². The molecule has 0 radical (unpaired) electrons. The van der Waals surface area contributed by atoms with E-state index in [-0.39, 0.29) is 11.5 Å². The van der Waals surface area contributed by atoms with Crippen molar-refractivity contribution in [3.05, 3.63) is 40.1 Å². The molecule has 0 aliphatic heterocycles. The van der Waals surface area contributed by atoms with Crippen molar-refractivity contribution in [1.29, 1.82) is 0 Å². The van der Waals surface area contributed by atoms with Crippen molar-refractivity contribution in [2.24, 2.45) is 0 Å². The highest BCUT2D eigenvalue weighted by atomic mass is 79.9. The minimum Gasteiger partial charge on any atom is -0.475 e. The van der Waals surface area contributed by atoms with Crippen molar-refractivity contribution in [3.8, 4) is 5.69 Å². The van der Waals surface area contributed by atoms with Crippen LogP contribution in [0.4, 0.5) is 4.39 Å². The smallest absolute Gasteiger partial charge is 0.375 e. The lowest BCUT2D eigenvalue weighted by Crippen LogP contribution is -2.19. The van der Waals surface area contributed by atoms with E-state index in [0.29, 0.717) is 10.3 Å². The molecule has 106 valence electrons. The molecule has 0 bridgehead atoms. The summed E-state index contributed by atoms with van der Waals surface area (Å²) in [7, 11) is 0. The molecule has 0 saturated heterocycles. The Morgan fingerprint density at radius 3 is 2.55 bits per heavy atom. The van der Waals surface area contributed by atoms with E-state index in [1.165, 1.54) is 10.7 Å². The van der Waals surface area contributed by atoms with Crippen LogP contribution in [0.1, 0.15) is 37.2 Å². The van der Waals surface area contributed by atoms with Gasteiger partial charge in [-0.3, -0.25) is 0 Å². The number of aromatic carboxylic acids is 1. The van der Waals surface area contributed by atoms with Crippen LogP contribution in [0.25, 0.3) is 5.69 Å². The quantitative estimate of drug-likeness (QED) is 0.910. The Kier molecular flexibility index (Phi) is 3.64. The fourth-order valence-corrected chi connectivity index (χ4v) is 2.25. The molecule has 20 heavy (non-hydrogen) atoms. The summed E-state index contributed by atoms with van der Waals surface area (Å²) in [5.41, 5.74) is -0.333. The van der Waals surface area contributed by atoms with E-state index in [2.05, 4.69) is 26.0 Å². The van der Waals surface area contributed by atoms with Crippen LogP contribution in [0.15, 0.2) is 22.7 Å². The number of para-hydroxylation sites is 1. The summed E-state index contributed by atoms with van der Waals surface area (Å²) in [6, 6.07) is 4.50. The van der Waals surface area contributed by atoms with Crippen LogP contribution >= 0.6 is 15.9 Å². The SMILES string of the molecule is CC(C)(C)c1nc(C(=O)O)nn1-c1c(F)cccc1Br. The molecular weight excluding hydrogens is 329 g/mol. The third kappa shape index (κ3) is 2.58. The minimum absolute atomic E-state index is 0.150. The molecule has 0 fully saturated rings. The molecular formula is C13H13BrFN3O2. The first-order chi connectivity index (χ1) is 9.21. The maximum absolute atomic E-state index is 14.0. The third-order valence-corrected chi connectivity index (χ3v) is 3.26. The number of benzene rings is 1. The number of carboxylic acid groups (broad SMARTS) is 1. The Bertz CT molecular complexity index is 656. The molecule has 2 rings (SSSR count). The Balaban J connectivity index is 2.76. The second-order valence-electron chi connectivity index (χ2n) is 5.30. The van der Waals surface area contributed by atoms with E-state index in [1.807, 2.05) is 20.8 Å². The fraction of sp³-hybridized carbons (Fsp3) is 0.308. The molecule has 0 aliphatic rings. The van der Waals surface area contributed by atoms with E-state index < -0.39 is 17.2 Å². The molecule has 2 aromatic rings. The zero-order chi connectivity index (χ0) is 15.1. The molecule has 0 spiro atoms. The third-order valence-electron chi connectivity index (χ3n) is 2.62. The first-order valence-corrected chi connectivity index (χ1v) is 6.66. The first-order valence-electron chi connectivity index (χ1n) is 5.87. The van der Waals surface area contributed by atoms with E-state index in [9.17, 15) is 9.18 Å². The number of aromatic nitrogens is 3. The van der Waals surface area contributed by atoms with E-state index in [0.717, 1.165) is 0 Å². The molecule has 0 saturated carbocycles. The Morgan fingerprint density at radius 2 is 2.05 bits per heavy atom. The van der Waals surface area contributed by atoms with Gasteiger partial charge in [0.1, 0.15) is 17.3 Å². The maximum Gasteiger partial charge on any atom is 0.375 e. The molecule has 1 aromatic carbocycles. The van der Waals surface area contributed by atoms with Gasteiger partial charge >= 0.3 is 5.97 Å². The summed E-state index contributed by atoms with van der Waals surface area (Å²) in [4.78, 5) is 15.1. The summed E-state index contributed by atoms with van der Waals surface area (Å²) in [6.45, 7) is 5.57. The van der Waals surface area contributed by atoms with Crippen LogP contribution in [0.3, 0.4) is 0 Å². The van der Waals surface area contributed by atoms with Crippen molar-refractivity contribution in [2.45, 2.75) is 26.2 Å². The standard InChI is InChI=1S/C13H13BrFN3O2/c1-13(2,3)12-16-10(11(19)20)17-18(12)9-7(14)5-4-6-8(9)15/h4-6H,1-3H3,(H,19,20). The van der Waals surface area contributed by atoms with Crippen molar-refractivity contribution < 1.29 is 14.3 Å². The van der Waals surface area contributed by atoms with Gasteiger partial charge in [0.2, 0.25) is 0 Å². The van der Waals surface area contributed by atoms with Crippen LogP contribution < -0.4 is 0 Å². The molecule has 1 aromatic heterocycles. The highest BCUT2D eigenvalue weighted by molar-refractivity contribution is 9.10. The number of nitrogens with zero attached hydrogens (tertiary/aromatic N) is 3. The number of carbonyl (C=O) groups is 1. The van der Waals surface area contributed by atoms with Crippen LogP contribution in [-0.4, -0.2) is 25.8 Å². The summed E-state index contributed by atoms with van der Waals surface area (Å²) in [5.74, 6) is -1.74. The largest absolute Gasteiger partial charge is 0.475 e. The van der Waals surface area contributed by atoms with Gasteiger partial charge in [0.15, 0.2) is 0 Å². The summed E-state index contributed by atoms with van der Waals surface area (Å²) in [6.07, 6.45) is 0. The van der Waals surface area contributed by atoms with Crippen LogP contribution in [0.2, 0.25) is 0 Å². The highest BCUT2D eigenvalue weighted by Crippen LogP contribution is 2.29. The topological polar surface area (TPSA) is 68.0 Å². The average molecular weight is 342 g/mol. The van der Waals surface area contributed by atoms with Gasteiger partial charge in [-0.25, -0.2) is 18.9 Å². The predicted molar refractivity (Wildman–Crippen MR) is 74.7 cm³/mol. The van der Waals surface area contributed by atoms with Crippen LogP contribution in [0.5, 0.6) is 0 Å². The van der Waals surface area contributed by atoms with Crippen molar-refractivity contribution in [3.63, 3.8) is 0 Å². The Morgan fingerprint density at radius 1 is 1.40 bits per heavy atom. The lowest BCUT2D eigenvalue weighted by atomic mass is 9.95. The lowest BCUT2D eigenvalue weighted by molar-refractivity contribution is 0.0683. The van der Waals surface area contributed by atoms with Gasteiger partial charge in [-0.1, -0.05) is 26.8 Å². The molecule has 0 aliphatic carbocycles. The zero-order valence-electron chi connectivity index (χ0n) is 11.2. The molecule has 5 nitrogen and oxygen atoms in total. The fourth-order valence-electron chi connectivity index (χ4n) is 1.74. The molecule has 7 heteroatoms. The molecule has 1 heterocycles. The second-order valence-corrected chi connectivity index (χ2v) is 6.15.